The first-order valence-electron chi connectivity index (χ1n) is 5.38. The minimum absolute atomic E-state index is 0.375. The normalized spacial score (nSPS) is 12.3. The zero-order valence-electron chi connectivity index (χ0n) is 10.2. The van der Waals surface area contributed by atoms with Gasteiger partial charge in [0.05, 0.1) is 28.6 Å². The van der Waals surface area contributed by atoms with Crippen molar-refractivity contribution in [3.05, 3.63) is 43.5 Å². The highest BCUT2D eigenvalue weighted by atomic mass is 79.9. The molecule has 0 saturated heterocycles. The summed E-state index contributed by atoms with van der Waals surface area (Å²) in [6, 6.07) is 7.43. The number of alkyl halides is 1. The molecule has 0 aliphatic rings. The summed E-state index contributed by atoms with van der Waals surface area (Å²) in [5.41, 5.74) is 0.805. The van der Waals surface area contributed by atoms with Gasteiger partial charge in [-0.2, -0.15) is 0 Å². The Hall–Kier alpha value is -0.420. The number of ether oxygens (including phenoxy) is 2. The molecule has 2 nitrogen and oxygen atoms in total. The number of rotatable bonds is 4. The molecule has 0 aliphatic carbocycles. The molecule has 0 N–H and O–H groups in total. The monoisotopic (exact) mass is 380 g/mol. The van der Waals surface area contributed by atoms with Crippen molar-refractivity contribution in [2.75, 3.05) is 14.2 Å². The van der Waals surface area contributed by atoms with Crippen molar-refractivity contribution in [2.24, 2.45) is 0 Å². The summed E-state index contributed by atoms with van der Waals surface area (Å²) < 4.78 is 11.6. The Labute approximate surface area is 134 Å². The van der Waals surface area contributed by atoms with E-state index in [1.54, 1.807) is 14.2 Å². The van der Waals surface area contributed by atoms with Gasteiger partial charge in [0, 0.05) is 4.88 Å². The lowest BCUT2D eigenvalue weighted by molar-refractivity contribution is 0.386. The standard InChI is InChI=1S/C13H11BrCl2O2S/c1-17-8-4-3-5-9(18-2)11(8)12(16)10-6-7(15)13(14)19-10/h3-6,12H,1-2H3. The molecule has 0 aliphatic heterocycles. The first kappa shape index (κ1) is 15.0. The summed E-state index contributed by atoms with van der Waals surface area (Å²) in [4.78, 5) is 0.932. The quantitative estimate of drug-likeness (QED) is 0.650. The Kier molecular flexibility index (Phi) is 5.01. The Morgan fingerprint density at radius 2 is 1.79 bits per heavy atom. The van der Waals surface area contributed by atoms with Gasteiger partial charge in [-0.3, -0.25) is 0 Å². The van der Waals surface area contributed by atoms with Gasteiger partial charge < -0.3 is 9.47 Å². The molecule has 0 saturated carbocycles. The van der Waals surface area contributed by atoms with Gasteiger partial charge in [-0.25, -0.2) is 0 Å². The molecule has 2 rings (SSSR count). The molecule has 0 radical (unpaired) electrons. The third-order valence-electron chi connectivity index (χ3n) is 2.63. The molecule has 19 heavy (non-hydrogen) atoms. The lowest BCUT2D eigenvalue weighted by Crippen LogP contribution is -1.99. The van der Waals surface area contributed by atoms with Gasteiger partial charge in [0.25, 0.3) is 0 Å². The predicted molar refractivity (Wildman–Crippen MR) is 84.3 cm³/mol. The second-order valence-electron chi connectivity index (χ2n) is 3.71. The molecule has 1 heterocycles. The van der Waals surface area contributed by atoms with Gasteiger partial charge >= 0.3 is 0 Å². The number of hydrogen-bond acceptors (Lipinski definition) is 3. The Morgan fingerprint density at radius 1 is 1.21 bits per heavy atom. The second-order valence-corrected chi connectivity index (χ2v) is 6.95. The van der Waals surface area contributed by atoms with Crippen LogP contribution in [-0.4, -0.2) is 14.2 Å². The van der Waals surface area contributed by atoms with E-state index < -0.39 is 0 Å². The fraction of sp³-hybridized carbons (Fsp3) is 0.231. The molecule has 0 bridgehead atoms. The largest absolute Gasteiger partial charge is 0.496 e. The third-order valence-corrected chi connectivity index (χ3v) is 5.76. The maximum absolute atomic E-state index is 6.56. The van der Waals surface area contributed by atoms with Crippen LogP contribution in [0, 0.1) is 0 Å². The molecule has 0 fully saturated rings. The summed E-state index contributed by atoms with van der Waals surface area (Å²) in [6.45, 7) is 0. The van der Waals surface area contributed by atoms with Crippen molar-refractivity contribution < 1.29 is 9.47 Å². The highest BCUT2D eigenvalue weighted by Crippen LogP contribution is 2.45. The van der Waals surface area contributed by atoms with Crippen LogP contribution in [-0.2, 0) is 0 Å². The van der Waals surface area contributed by atoms with Crippen LogP contribution < -0.4 is 9.47 Å². The molecule has 1 aromatic carbocycles. The van der Waals surface area contributed by atoms with Crippen LogP contribution in [0.3, 0.4) is 0 Å². The van der Waals surface area contributed by atoms with Crippen LogP contribution in [0.1, 0.15) is 15.8 Å². The summed E-state index contributed by atoms with van der Waals surface area (Å²) in [5.74, 6) is 1.39. The highest BCUT2D eigenvalue weighted by Gasteiger charge is 2.23. The number of halogens is 3. The van der Waals surface area contributed by atoms with Crippen LogP contribution in [0.25, 0.3) is 0 Å². The molecule has 1 unspecified atom stereocenters. The molecular weight excluding hydrogens is 371 g/mol. The summed E-state index contributed by atoms with van der Waals surface area (Å²) >= 11 is 17.5. The van der Waals surface area contributed by atoms with E-state index in [0.717, 1.165) is 14.2 Å². The van der Waals surface area contributed by atoms with Crippen molar-refractivity contribution in [1.29, 1.82) is 0 Å². The third kappa shape index (κ3) is 3.02. The Morgan fingerprint density at radius 3 is 2.21 bits per heavy atom. The van der Waals surface area contributed by atoms with Crippen LogP contribution in [0.2, 0.25) is 5.02 Å². The average molecular weight is 382 g/mol. The fourth-order valence-corrected chi connectivity index (χ4v) is 3.91. The average Bonchev–Trinajstić information content (AvgIpc) is 2.76. The van der Waals surface area contributed by atoms with Crippen molar-refractivity contribution >= 4 is 50.5 Å². The van der Waals surface area contributed by atoms with E-state index in [2.05, 4.69) is 15.9 Å². The molecule has 2 aromatic rings. The maximum atomic E-state index is 6.56. The summed E-state index contributed by atoms with van der Waals surface area (Å²) in [5, 5.41) is 0.277. The lowest BCUT2D eigenvalue weighted by atomic mass is 10.1. The number of methoxy groups -OCH3 is 2. The van der Waals surface area contributed by atoms with Crippen molar-refractivity contribution in [1.82, 2.24) is 0 Å². The molecule has 6 heteroatoms. The molecule has 1 atom stereocenters. The molecule has 0 spiro atoms. The number of benzene rings is 1. The zero-order valence-corrected chi connectivity index (χ0v) is 14.2. The van der Waals surface area contributed by atoms with Gasteiger partial charge in [-0.15, -0.1) is 22.9 Å². The number of thiophene rings is 1. The molecule has 102 valence electrons. The van der Waals surface area contributed by atoms with Crippen LogP contribution in [0.4, 0.5) is 0 Å². The van der Waals surface area contributed by atoms with E-state index in [1.165, 1.54) is 11.3 Å². The minimum Gasteiger partial charge on any atom is -0.496 e. The van der Waals surface area contributed by atoms with E-state index in [-0.39, 0.29) is 5.38 Å². The summed E-state index contributed by atoms with van der Waals surface area (Å²) in [6.07, 6.45) is 0. The van der Waals surface area contributed by atoms with Crippen molar-refractivity contribution in [2.45, 2.75) is 5.38 Å². The topological polar surface area (TPSA) is 18.5 Å². The smallest absolute Gasteiger partial charge is 0.127 e. The van der Waals surface area contributed by atoms with Crippen LogP contribution >= 0.6 is 50.5 Å². The lowest BCUT2D eigenvalue weighted by Gasteiger charge is -2.16. The van der Waals surface area contributed by atoms with E-state index >= 15 is 0 Å². The molecule has 0 amide bonds. The number of hydrogen-bond donors (Lipinski definition) is 0. The Balaban J connectivity index is 2.50. The molecule has 1 aromatic heterocycles. The molecular formula is C13H11BrCl2O2S. The van der Waals surface area contributed by atoms with Gasteiger partial charge in [0.1, 0.15) is 16.9 Å². The van der Waals surface area contributed by atoms with Crippen LogP contribution in [0.5, 0.6) is 11.5 Å². The van der Waals surface area contributed by atoms with E-state index in [4.69, 9.17) is 32.7 Å². The van der Waals surface area contributed by atoms with Gasteiger partial charge in [0.2, 0.25) is 0 Å². The first-order valence-corrected chi connectivity index (χ1v) is 7.80. The van der Waals surface area contributed by atoms with E-state index in [1.807, 2.05) is 24.3 Å². The SMILES string of the molecule is COc1cccc(OC)c1C(Cl)c1cc(Cl)c(Br)s1. The highest BCUT2D eigenvalue weighted by molar-refractivity contribution is 9.11. The zero-order chi connectivity index (χ0) is 14.0. The maximum Gasteiger partial charge on any atom is 0.127 e. The summed E-state index contributed by atoms with van der Waals surface area (Å²) in [7, 11) is 3.22. The van der Waals surface area contributed by atoms with E-state index in [0.29, 0.717) is 16.5 Å². The van der Waals surface area contributed by atoms with Gasteiger partial charge in [-0.1, -0.05) is 17.7 Å². The van der Waals surface area contributed by atoms with Gasteiger partial charge in [0.15, 0.2) is 0 Å². The van der Waals surface area contributed by atoms with Crippen molar-refractivity contribution in [3.63, 3.8) is 0 Å². The van der Waals surface area contributed by atoms with Crippen molar-refractivity contribution in [3.8, 4) is 11.5 Å². The van der Waals surface area contributed by atoms with Crippen LogP contribution in [0.15, 0.2) is 28.1 Å². The second kappa shape index (κ2) is 6.35. The van der Waals surface area contributed by atoms with E-state index in [9.17, 15) is 0 Å². The van der Waals surface area contributed by atoms with Gasteiger partial charge in [-0.05, 0) is 34.1 Å². The minimum atomic E-state index is -0.375. The fourth-order valence-electron chi connectivity index (χ4n) is 1.76. The first-order chi connectivity index (χ1) is 9.08. The Bertz CT molecular complexity index is 544. The predicted octanol–water partition coefficient (Wildman–Crippen LogP) is 5.51.